The Hall–Kier alpha value is -3.68. The monoisotopic (exact) mass is 335 g/mol. The van der Waals surface area contributed by atoms with Crippen LogP contribution in [0.3, 0.4) is 0 Å². The Bertz CT molecular complexity index is 1150. The SMILES string of the molecule is N=Nc1cc2c(O)c3ccccc3c(O)c2c(-c2ccnnn2)c1F. The molecule has 0 aliphatic rings. The van der Waals surface area contributed by atoms with Gasteiger partial charge in [0.15, 0.2) is 5.82 Å². The Balaban J connectivity index is 2.31. The number of halogens is 1. The quantitative estimate of drug-likeness (QED) is 0.290. The highest BCUT2D eigenvalue weighted by atomic mass is 19.1. The number of nitrogens with zero attached hydrogens (tertiary/aromatic N) is 4. The van der Waals surface area contributed by atoms with Crippen LogP contribution in [0.2, 0.25) is 0 Å². The van der Waals surface area contributed by atoms with Gasteiger partial charge in [0.25, 0.3) is 0 Å². The third-order valence-corrected chi connectivity index (χ3v) is 4.05. The second kappa shape index (κ2) is 5.45. The van der Waals surface area contributed by atoms with E-state index in [4.69, 9.17) is 5.53 Å². The maximum atomic E-state index is 14.9. The van der Waals surface area contributed by atoms with Crippen LogP contribution in [0.25, 0.3) is 32.8 Å². The number of rotatable bonds is 2. The zero-order valence-electron chi connectivity index (χ0n) is 12.6. The second-order valence-electron chi connectivity index (χ2n) is 5.37. The number of aromatic nitrogens is 3. The molecule has 25 heavy (non-hydrogen) atoms. The fourth-order valence-corrected chi connectivity index (χ4v) is 2.95. The lowest BCUT2D eigenvalue weighted by atomic mass is 9.94. The summed E-state index contributed by atoms with van der Waals surface area (Å²) in [4.78, 5) is 0. The highest BCUT2D eigenvalue weighted by Gasteiger charge is 2.23. The summed E-state index contributed by atoms with van der Waals surface area (Å²) >= 11 is 0. The highest BCUT2D eigenvalue weighted by Crippen LogP contribution is 2.48. The first kappa shape index (κ1) is 14.9. The van der Waals surface area contributed by atoms with Gasteiger partial charge in [-0.1, -0.05) is 24.3 Å². The molecule has 4 rings (SSSR count). The van der Waals surface area contributed by atoms with Crippen LogP contribution in [0.1, 0.15) is 0 Å². The lowest BCUT2D eigenvalue weighted by Gasteiger charge is -2.14. The molecule has 3 aromatic carbocycles. The minimum atomic E-state index is -0.840. The average Bonchev–Trinajstić information content (AvgIpc) is 2.66. The van der Waals surface area contributed by atoms with Gasteiger partial charge in [0.05, 0.1) is 11.8 Å². The molecule has 122 valence electrons. The maximum absolute atomic E-state index is 14.9. The predicted molar refractivity (Wildman–Crippen MR) is 88.4 cm³/mol. The summed E-state index contributed by atoms with van der Waals surface area (Å²) in [5.41, 5.74) is 6.92. The van der Waals surface area contributed by atoms with Gasteiger partial charge in [0.1, 0.15) is 22.9 Å². The Labute approximate surface area is 139 Å². The summed E-state index contributed by atoms with van der Waals surface area (Å²) in [6.45, 7) is 0. The largest absolute Gasteiger partial charge is 0.507 e. The Morgan fingerprint density at radius 2 is 1.72 bits per heavy atom. The number of hydrogen-bond donors (Lipinski definition) is 3. The van der Waals surface area contributed by atoms with Crippen LogP contribution in [0.4, 0.5) is 10.1 Å². The van der Waals surface area contributed by atoms with Crippen molar-refractivity contribution in [2.75, 3.05) is 0 Å². The van der Waals surface area contributed by atoms with E-state index in [2.05, 4.69) is 20.5 Å². The smallest absolute Gasteiger partial charge is 0.160 e. The van der Waals surface area contributed by atoms with E-state index in [9.17, 15) is 14.6 Å². The third-order valence-electron chi connectivity index (χ3n) is 4.05. The number of hydrogen-bond acceptors (Lipinski definition) is 7. The van der Waals surface area contributed by atoms with Crippen LogP contribution >= 0.6 is 0 Å². The van der Waals surface area contributed by atoms with Gasteiger partial charge >= 0.3 is 0 Å². The molecule has 0 atom stereocenters. The molecule has 0 aliphatic carbocycles. The molecule has 0 saturated carbocycles. The zero-order chi connectivity index (χ0) is 17.6. The average molecular weight is 335 g/mol. The van der Waals surface area contributed by atoms with Crippen molar-refractivity contribution in [1.82, 2.24) is 15.4 Å². The topological polar surface area (TPSA) is 115 Å². The molecule has 1 heterocycles. The molecule has 8 heteroatoms. The van der Waals surface area contributed by atoms with Crippen LogP contribution in [-0.2, 0) is 0 Å². The van der Waals surface area contributed by atoms with Crippen molar-refractivity contribution in [1.29, 1.82) is 5.53 Å². The standard InChI is InChI=1S/C17H10FN5O2/c18-15-12(21-19)7-10-13(14(15)11-5-6-20-23-22-11)17(25)9-4-2-1-3-8(9)16(10)24/h1-7,19,24-25H. The molecule has 0 bridgehead atoms. The molecule has 0 unspecified atom stereocenters. The second-order valence-corrected chi connectivity index (χ2v) is 5.37. The van der Waals surface area contributed by atoms with Gasteiger partial charge in [-0.25, -0.2) is 9.92 Å². The van der Waals surface area contributed by atoms with Gasteiger partial charge < -0.3 is 10.2 Å². The van der Waals surface area contributed by atoms with Crippen molar-refractivity contribution >= 4 is 27.2 Å². The van der Waals surface area contributed by atoms with Gasteiger partial charge in [0, 0.05) is 21.5 Å². The molecule has 4 aromatic rings. The van der Waals surface area contributed by atoms with Gasteiger partial charge in [0.2, 0.25) is 0 Å². The molecule has 0 amide bonds. The first-order valence-electron chi connectivity index (χ1n) is 7.24. The van der Waals surface area contributed by atoms with Gasteiger partial charge in [-0.05, 0) is 17.3 Å². The molecular formula is C17H10FN5O2. The summed E-state index contributed by atoms with van der Waals surface area (Å²) in [6.07, 6.45) is 1.33. The molecule has 1 aromatic heterocycles. The van der Waals surface area contributed by atoms with Crippen molar-refractivity contribution in [2.24, 2.45) is 5.11 Å². The minimum Gasteiger partial charge on any atom is -0.507 e. The van der Waals surface area contributed by atoms with Crippen LogP contribution in [0.5, 0.6) is 11.5 Å². The van der Waals surface area contributed by atoms with E-state index >= 15 is 0 Å². The van der Waals surface area contributed by atoms with Gasteiger partial charge in [-0.3, -0.25) is 0 Å². The molecule has 0 radical (unpaired) electrons. The molecule has 7 nitrogen and oxygen atoms in total. The van der Waals surface area contributed by atoms with Gasteiger partial charge in [-0.15, -0.1) is 10.2 Å². The highest BCUT2D eigenvalue weighted by molar-refractivity contribution is 6.16. The summed E-state index contributed by atoms with van der Waals surface area (Å²) in [5.74, 6) is -1.18. The van der Waals surface area contributed by atoms with E-state index < -0.39 is 5.82 Å². The Morgan fingerprint density at radius 3 is 2.36 bits per heavy atom. The number of aromatic hydroxyl groups is 2. The zero-order valence-corrected chi connectivity index (χ0v) is 12.6. The van der Waals surface area contributed by atoms with Crippen molar-refractivity contribution < 1.29 is 14.6 Å². The maximum Gasteiger partial charge on any atom is 0.160 e. The van der Waals surface area contributed by atoms with Crippen LogP contribution < -0.4 is 0 Å². The molecule has 3 N–H and O–H groups in total. The molecular weight excluding hydrogens is 325 g/mol. The lowest BCUT2D eigenvalue weighted by molar-refractivity contribution is 0.478. The number of fused-ring (bicyclic) bond motifs is 2. The Morgan fingerprint density at radius 1 is 1.00 bits per heavy atom. The fourth-order valence-electron chi connectivity index (χ4n) is 2.95. The fraction of sp³-hybridized carbons (Fsp3) is 0. The summed E-state index contributed by atoms with van der Waals surface area (Å²) in [6, 6.07) is 9.30. The molecule has 0 spiro atoms. The summed E-state index contributed by atoms with van der Waals surface area (Å²) < 4.78 is 14.9. The van der Waals surface area contributed by atoms with E-state index in [0.717, 1.165) is 0 Å². The van der Waals surface area contributed by atoms with Crippen LogP contribution in [0, 0.1) is 11.3 Å². The first-order chi connectivity index (χ1) is 12.1. The first-order valence-corrected chi connectivity index (χ1v) is 7.24. The lowest BCUT2D eigenvalue weighted by Crippen LogP contribution is -1.95. The van der Waals surface area contributed by atoms with E-state index in [1.54, 1.807) is 24.3 Å². The van der Waals surface area contributed by atoms with Crippen molar-refractivity contribution in [3.63, 3.8) is 0 Å². The number of phenolic OH excluding ortho intramolecular Hbond substituents is 2. The summed E-state index contributed by atoms with van der Waals surface area (Å²) in [5, 5.41) is 36.4. The normalized spacial score (nSPS) is 11.1. The molecule has 0 aliphatic heterocycles. The third kappa shape index (κ3) is 2.08. The van der Waals surface area contributed by atoms with E-state index in [0.29, 0.717) is 10.8 Å². The van der Waals surface area contributed by atoms with Crippen molar-refractivity contribution in [3.05, 3.63) is 48.4 Å². The van der Waals surface area contributed by atoms with Crippen molar-refractivity contribution in [2.45, 2.75) is 0 Å². The predicted octanol–water partition coefficient (Wildman–Crippen LogP) is 4.06. The Kier molecular flexibility index (Phi) is 3.24. The van der Waals surface area contributed by atoms with E-state index in [-0.39, 0.29) is 39.2 Å². The summed E-state index contributed by atoms with van der Waals surface area (Å²) in [7, 11) is 0. The van der Waals surface area contributed by atoms with E-state index in [1.165, 1.54) is 18.3 Å². The molecule has 0 fully saturated rings. The number of nitrogens with one attached hydrogen (secondary N) is 1. The minimum absolute atomic E-state index is 0.0709. The number of benzene rings is 3. The van der Waals surface area contributed by atoms with Crippen LogP contribution in [0.15, 0.2) is 47.7 Å². The van der Waals surface area contributed by atoms with E-state index in [1.807, 2.05) is 0 Å². The van der Waals surface area contributed by atoms with Crippen molar-refractivity contribution in [3.8, 4) is 22.8 Å². The molecule has 0 saturated heterocycles. The van der Waals surface area contributed by atoms with Crippen LogP contribution in [-0.4, -0.2) is 25.6 Å². The van der Waals surface area contributed by atoms with Gasteiger partial charge in [-0.2, -0.15) is 5.11 Å². The number of phenols is 2.